The first kappa shape index (κ1) is 17.4. The maximum absolute atomic E-state index is 6.08. The molecule has 2 aliphatic rings. The monoisotopic (exact) mass is 332 g/mol. The fourth-order valence-corrected chi connectivity index (χ4v) is 4.00. The second-order valence-electron chi connectivity index (χ2n) is 7.06. The summed E-state index contributed by atoms with van der Waals surface area (Å²) in [5.74, 6) is 1.63. The zero-order valence-electron chi connectivity index (χ0n) is 15.2. The van der Waals surface area contributed by atoms with Gasteiger partial charge in [0.25, 0.3) is 0 Å². The summed E-state index contributed by atoms with van der Waals surface area (Å²) >= 11 is 0. The van der Waals surface area contributed by atoms with Gasteiger partial charge in [-0.2, -0.15) is 0 Å². The number of piperazine rings is 1. The van der Waals surface area contributed by atoms with Crippen LogP contribution < -0.4 is 20.7 Å². The van der Waals surface area contributed by atoms with E-state index >= 15 is 0 Å². The number of benzene rings is 1. The summed E-state index contributed by atoms with van der Waals surface area (Å²) in [7, 11) is 1.70. The quantitative estimate of drug-likeness (QED) is 0.808. The Bertz CT molecular complexity index is 534. The Labute approximate surface area is 146 Å². The summed E-state index contributed by atoms with van der Waals surface area (Å²) < 4.78 is 5.43. The molecule has 24 heavy (non-hydrogen) atoms. The Morgan fingerprint density at radius 1 is 1.17 bits per heavy atom. The number of nitrogens with one attached hydrogen (secondary N) is 1. The molecule has 0 amide bonds. The molecule has 2 fully saturated rings. The first-order chi connectivity index (χ1) is 11.7. The van der Waals surface area contributed by atoms with Crippen LogP contribution in [0, 0.1) is 5.92 Å². The van der Waals surface area contributed by atoms with Crippen molar-refractivity contribution >= 4 is 11.4 Å². The van der Waals surface area contributed by atoms with Crippen LogP contribution in [0.2, 0.25) is 0 Å². The molecular weight excluding hydrogens is 300 g/mol. The van der Waals surface area contributed by atoms with Crippen molar-refractivity contribution in [3.63, 3.8) is 0 Å². The number of ether oxygens (including phenoxy) is 1. The van der Waals surface area contributed by atoms with Crippen molar-refractivity contribution in [3.8, 4) is 5.75 Å². The van der Waals surface area contributed by atoms with E-state index in [4.69, 9.17) is 10.5 Å². The number of nitrogens with two attached hydrogens (primary N) is 1. The van der Waals surface area contributed by atoms with Gasteiger partial charge in [0, 0.05) is 57.6 Å². The highest BCUT2D eigenvalue weighted by molar-refractivity contribution is 5.67. The molecule has 0 atom stereocenters. The smallest absolute Gasteiger partial charge is 0.143 e. The summed E-state index contributed by atoms with van der Waals surface area (Å²) in [5.41, 5.74) is 9.46. The predicted octanol–water partition coefficient (Wildman–Crippen LogP) is 1.96. The van der Waals surface area contributed by atoms with Gasteiger partial charge in [-0.1, -0.05) is 6.92 Å². The van der Waals surface area contributed by atoms with Crippen molar-refractivity contribution in [1.29, 1.82) is 0 Å². The number of piperidine rings is 1. The van der Waals surface area contributed by atoms with Crippen LogP contribution in [-0.2, 0) is 6.42 Å². The fourth-order valence-electron chi connectivity index (χ4n) is 4.00. The lowest BCUT2D eigenvalue weighted by Gasteiger charge is -2.38. The average molecular weight is 332 g/mol. The molecule has 1 aromatic rings. The van der Waals surface area contributed by atoms with Crippen LogP contribution >= 0.6 is 0 Å². The van der Waals surface area contributed by atoms with Crippen LogP contribution in [0.15, 0.2) is 12.1 Å². The van der Waals surface area contributed by atoms with Crippen LogP contribution in [-0.4, -0.2) is 57.8 Å². The van der Waals surface area contributed by atoms with Crippen molar-refractivity contribution < 1.29 is 4.74 Å². The number of aryl methyl sites for hydroxylation is 1. The molecule has 2 saturated heterocycles. The molecule has 2 aliphatic heterocycles. The van der Waals surface area contributed by atoms with Gasteiger partial charge in [0.2, 0.25) is 0 Å². The second kappa shape index (κ2) is 8.08. The molecule has 0 aliphatic carbocycles. The lowest BCUT2D eigenvalue weighted by Crippen LogP contribution is -2.47. The summed E-state index contributed by atoms with van der Waals surface area (Å²) in [6, 6.07) is 4.21. The standard InChI is InChI=1S/C19H32N4O/c1-3-16-12-17(20)19(24-2)13-18(16)23-8-4-15(5-9-23)14-22-10-6-21-7-11-22/h12-13,15,21H,3-11,14,20H2,1-2H3. The number of methoxy groups -OCH3 is 1. The zero-order chi connectivity index (χ0) is 16.9. The number of hydrogen-bond donors (Lipinski definition) is 2. The molecular formula is C19H32N4O. The largest absolute Gasteiger partial charge is 0.495 e. The van der Waals surface area contributed by atoms with E-state index in [1.807, 2.05) is 0 Å². The highest BCUT2D eigenvalue weighted by atomic mass is 16.5. The highest BCUT2D eigenvalue weighted by Crippen LogP contribution is 2.34. The molecule has 5 heteroatoms. The summed E-state index contributed by atoms with van der Waals surface area (Å²) in [6.07, 6.45) is 3.56. The molecule has 0 spiro atoms. The third-order valence-electron chi connectivity index (χ3n) is 5.49. The Balaban J connectivity index is 1.61. The molecule has 0 radical (unpaired) electrons. The lowest BCUT2D eigenvalue weighted by atomic mass is 9.94. The molecule has 0 aromatic heterocycles. The summed E-state index contributed by atoms with van der Waals surface area (Å²) in [6.45, 7) is 10.4. The van der Waals surface area contributed by atoms with Crippen molar-refractivity contribution in [2.24, 2.45) is 5.92 Å². The minimum atomic E-state index is 0.742. The maximum Gasteiger partial charge on any atom is 0.143 e. The predicted molar refractivity (Wildman–Crippen MR) is 101 cm³/mol. The SMILES string of the molecule is CCc1cc(N)c(OC)cc1N1CCC(CN2CCNCC2)CC1. The lowest BCUT2D eigenvalue weighted by molar-refractivity contribution is 0.190. The molecule has 0 bridgehead atoms. The van der Waals surface area contributed by atoms with Crippen LogP contribution in [0.3, 0.4) is 0 Å². The van der Waals surface area contributed by atoms with Gasteiger partial charge < -0.3 is 25.6 Å². The van der Waals surface area contributed by atoms with Gasteiger partial charge in [-0.15, -0.1) is 0 Å². The summed E-state index contributed by atoms with van der Waals surface area (Å²) in [5, 5.41) is 3.44. The maximum atomic E-state index is 6.08. The van der Waals surface area contributed by atoms with E-state index in [-0.39, 0.29) is 0 Å². The Kier molecular flexibility index (Phi) is 5.85. The van der Waals surface area contributed by atoms with Gasteiger partial charge >= 0.3 is 0 Å². The average Bonchev–Trinajstić information content (AvgIpc) is 2.63. The van der Waals surface area contributed by atoms with Crippen molar-refractivity contribution in [3.05, 3.63) is 17.7 Å². The van der Waals surface area contributed by atoms with Gasteiger partial charge in [-0.25, -0.2) is 0 Å². The number of hydrogen-bond acceptors (Lipinski definition) is 5. The van der Waals surface area contributed by atoms with E-state index in [1.54, 1.807) is 7.11 Å². The van der Waals surface area contributed by atoms with Gasteiger partial charge in [0.05, 0.1) is 12.8 Å². The molecule has 1 aromatic carbocycles. The minimum absolute atomic E-state index is 0.742. The van der Waals surface area contributed by atoms with E-state index in [9.17, 15) is 0 Å². The minimum Gasteiger partial charge on any atom is -0.495 e. The van der Waals surface area contributed by atoms with Crippen LogP contribution in [0.5, 0.6) is 5.75 Å². The van der Waals surface area contributed by atoms with Gasteiger partial charge in [-0.05, 0) is 36.8 Å². The van der Waals surface area contributed by atoms with Crippen molar-refractivity contribution in [2.75, 3.05) is 63.6 Å². The third kappa shape index (κ3) is 3.95. The zero-order valence-corrected chi connectivity index (χ0v) is 15.2. The van der Waals surface area contributed by atoms with Gasteiger partial charge in [-0.3, -0.25) is 0 Å². The van der Waals surface area contributed by atoms with E-state index in [2.05, 4.69) is 34.2 Å². The van der Waals surface area contributed by atoms with Gasteiger partial charge in [0.1, 0.15) is 5.75 Å². The number of rotatable bonds is 5. The number of nitrogens with zero attached hydrogens (tertiary/aromatic N) is 2. The van der Waals surface area contributed by atoms with E-state index in [0.29, 0.717) is 0 Å². The van der Waals surface area contributed by atoms with Gasteiger partial charge in [0.15, 0.2) is 0 Å². The first-order valence-electron chi connectivity index (χ1n) is 9.35. The number of nitrogen functional groups attached to an aromatic ring is 1. The Morgan fingerprint density at radius 2 is 1.88 bits per heavy atom. The molecule has 134 valence electrons. The second-order valence-corrected chi connectivity index (χ2v) is 7.06. The molecule has 3 N–H and O–H groups in total. The van der Waals surface area contributed by atoms with Crippen LogP contribution in [0.25, 0.3) is 0 Å². The van der Waals surface area contributed by atoms with E-state index < -0.39 is 0 Å². The highest BCUT2D eigenvalue weighted by Gasteiger charge is 2.24. The molecule has 3 rings (SSSR count). The molecule has 0 saturated carbocycles. The first-order valence-corrected chi connectivity index (χ1v) is 9.35. The third-order valence-corrected chi connectivity index (χ3v) is 5.49. The van der Waals surface area contributed by atoms with Crippen molar-refractivity contribution in [2.45, 2.75) is 26.2 Å². The topological polar surface area (TPSA) is 53.8 Å². The fraction of sp³-hybridized carbons (Fsp3) is 0.684. The number of anilines is 2. The molecule has 2 heterocycles. The Morgan fingerprint density at radius 3 is 2.50 bits per heavy atom. The normalized spacial score (nSPS) is 20.3. The molecule has 5 nitrogen and oxygen atoms in total. The van der Waals surface area contributed by atoms with Crippen molar-refractivity contribution in [1.82, 2.24) is 10.2 Å². The Hall–Kier alpha value is -1.46. The van der Waals surface area contributed by atoms with E-state index in [0.717, 1.165) is 50.0 Å². The van der Waals surface area contributed by atoms with Crippen LogP contribution in [0.1, 0.15) is 25.3 Å². The summed E-state index contributed by atoms with van der Waals surface area (Å²) in [4.78, 5) is 5.15. The molecule has 0 unspecified atom stereocenters. The van der Waals surface area contributed by atoms with Crippen LogP contribution in [0.4, 0.5) is 11.4 Å². The van der Waals surface area contributed by atoms with E-state index in [1.165, 1.54) is 43.7 Å².